The van der Waals surface area contributed by atoms with Crippen LogP contribution in [-0.2, 0) is 39.1 Å². The van der Waals surface area contributed by atoms with Gasteiger partial charge in [-0.25, -0.2) is 45.8 Å². The summed E-state index contributed by atoms with van der Waals surface area (Å²) in [5.74, 6) is -2.45. The molecule has 18 nitrogen and oxygen atoms in total. The van der Waals surface area contributed by atoms with E-state index in [9.17, 15) is 36.0 Å². The minimum Gasteiger partial charge on any atom is -0.480 e. The topological polar surface area (TPSA) is 252 Å². The smallest absolute Gasteiger partial charge is 0.410 e. The Bertz CT molecular complexity index is 1510. The molecule has 0 fully saturated rings. The van der Waals surface area contributed by atoms with Crippen LogP contribution in [0.2, 0.25) is 0 Å². The zero-order valence-electron chi connectivity index (χ0n) is 27.8. The number of carbonyl (C=O) groups is 4. The number of aryl methyl sites for hydroxylation is 2. The lowest BCUT2D eigenvalue weighted by atomic mass is 10.2. The molecule has 22 heteroatoms. The van der Waals surface area contributed by atoms with Crippen LogP contribution in [0.15, 0.2) is 19.4 Å². The predicted octanol–water partition coefficient (Wildman–Crippen LogP) is 2.10. The van der Waals surface area contributed by atoms with Crippen LogP contribution in [0, 0.1) is 13.8 Å². The quantitative estimate of drug-likeness (QED) is 0.215. The molecule has 0 saturated carbocycles. The maximum atomic E-state index is 12.0. The van der Waals surface area contributed by atoms with Crippen molar-refractivity contribution in [3.8, 4) is 0 Å². The van der Waals surface area contributed by atoms with Crippen LogP contribution in [-0.4, -0.2) is 121 Å². The van der Waals surface area contributed by atoms with E-state index in [1.807, 2.05) is 0 Å². The van der Waals surface area contributed by atoms with Crippen molar-refractivity contribution in [2.75, 3.05) is 39.3 Å². The van der Waals surface area contributed by atoms with Gasteiger partial charge in [0.05, 0.1) is 0 Å². The Hall–Kier alpha value is -3.44. The Morgan fingerprint density at radius 1 is 0.708 bits per heavy atom. The van der Waals surface area contributed by atoms with Gasteiger partial charge in [-0.2, -0.15) is 0 Å². The molecule has 272 valence electrons. The van der Waals surface area contributed by atoms with Crippen molar-refractivity contribution in [1.82, 2.24) is 29.2 Å². The van der Waals surface area contributed by atoms with Crippen molar-refractivity contribution in [1.29, 1.82) is 0 Å². The summed E-state index contributed by atoms with van der Waals surface area (Å²) in [7, 11) is -7.59. The van der Waals surface area contributed by atoms with Gasteiger partial charge in [0.1, 0.15) is 24.3 Å². The van der Waals surface area contributed by atoms with Crippen molar-refractivity contribution in [2.24, 2.45) is 0 Å². The first kappa shape index (κ1) is 42.6. The second-order valence-corrected chi connectivity index (χ2v) is 17.5. The summed E-state index contributed by atoms with van der Waals surface area (Å²) in [5.41, 5.74) is -0.402. The largest absolute Gasteiger partial charge is 0.480 e. The van der Waals surface area contributed by atoms with E-state index < -0.39 is 68.5 Å². The molecule has 0 aromatic carbocycles. The first-order valence-electron chi connectivity index (χ1n) is 14.0. The highest BCUT2D eigenvalue weighted by Gasteiger charge is 2.26. The molecule has 4 N–H and O–H groups in total. The van der Waals surface area contributed by atoms with Gasteiger partial charge in [-0.1, -0.05) is 0 Å². The number of carboxylic acids is 2. The molecular formula is C26H42N6O12S4. The number of aliphatic carboxylic acids is 2. The molecule has 0 spiro atoms. The van der Waals surface area contributed by atoms with Gasteiger partial charge in [0.15, 0.2) is 0 Å². The highest BCUT2D eigenvalue weighted by molar-refractivity contribution is 7.91. The molecule has 2 rings (SSSR count). The fourth-order valence-electron chi connectivity index (χ4n) is 3.11. The summed E-state index contributed by atoms with van der Waals surface area (Å²) in [4.78, 5) is 55.3. The molecule has 0 bridgehead atoms. The van der Waals surface area contributed by atoms with Crippen LogP contribution < -0.4 is 9.44 Å². The van der Waals surface area contributed by atoms with E-state index in [-0.39, 0.29) is 34.9 Å². The summed E-state index contributed by atoms with van der Waals surface area (Å²) in [6, 6.07) is 0. The lowest BCUT2D eigenvalue weighted by Crippen LogP contribution is -2.43. The highest BCUT2D eigenvalue weighted by atomic mass is 32.3. The molecule has 0 aliphatic rings. The number of nitrogens with one attached hydrogen (secondary N) is 2. The van der Waals surface area contributed by atoms with Gasteiger partial charge in [-0.15, -0.1) is 22.7 Å². The SMILES string of the molecule is Cc1csc(S(=O)(=O)NCCN(CC(=O)O)C(=O)OC(C)(C)C)n1.Cc1csc(S(=O)(=O)NCCN(CC(=O)O)C(=O)OC(C)(C)C)n1. The van der Waals surface area contributed by atoms with E-state index in [2.05, 4.69) is 19.4 Å². The van der Waals surface area contributed by atoms with Crippen LogP contribution >= 0.6 is 22.7 Å². The zero-order chi connectivity index (χ0) is 37.1. The van der Waals surface area contributed by atoms with Gasteiger partial charge in [-0.05, 0) is 55.4 Å². The van der Waals surface area contributed by atoms with Crippen molar-refractivity contribution < 1.29 is 55.7 Å². The van der Waals surface area contributed by atoms with Gasteiger partial charge >= 0.3 is 24.1 Å². The molecule has 48 heavy (non-hydrogen) atoms. The Balaban J connectivity index is 0.000000480. The predicted molar refractivity (Wildman–Crippen MR) is 175 cm³/mol. The lowest BCUT2D eigenvalue weighted by Gasteiger charge is -2.26. The van der Waals surface area contributed by atoms with Crippen molar-refractivity contribution in [3.05, 3.63) is 22.1 Å². The summed E-state index contributed by atoms with van der Waals surface area (Å²) in [6.45, 7) is 11.5. The van der Waals surface area contributed by atoms with Gasteiger partial charge in [0.25, 0.3) is 20.0 Å². The molecule has 0 aliphatic heterocycles. The maximum absolute atomic E-state index is 12.0. The van der Waals surface area contributed by atoms with Crippen LogP contribution in [0.4, 0.5) is 9.59 Å². The van der Waals surface area contributed by atoms with Crippen molar-refractivity contribution >= 4 is 66.8 Å². The molecule has 0 atom stereocenters. The Labute approximate surface area is 287 Å². The van der Waals surface area contributed by atoms with Crippen LogP contribution in [0.5, 0.6) is 0 Å². The number of nitrogens with zero attached hydrogens (tertiary/aromatic N) is 4. The number of rotatable bonds is 14. The molecular weight excluding hydrogens is 717 g/mol. The van der Waals surface area contributed by atoms with E-state index in [1.165, 1.54) is 0 Å². The normalized spacial score (nSPS) is 12.0. The average molecular weight is 759 g/mol. The summed E-state index contributed by atoms with van der Waals surface area (Å²) >= 11 is 1.96. The van der Waals surface area contributed by atoms with Gasteiger partial charge in [-0.3, -0.25) is 19.4 Å². The Kier molecular flexibility index (Phi) is 15.8. The Morgan fingerprint density at radius 2 is 1.02 bits per heavy atom. The maximum Gasteiger partial charge on any atom is 0.410 e. The number of hydrogen-bond donors (Lipinski definition) is 4. The summed E-state index contributed by atoms with van der Waals surface area (Å²) in [6.07, 6.45) is -1.65. The number of hydrogen-bond acceptors (Lipinski definition) is 14. The number of aromatic nitrogens is 2. The van der Waals surface area contributed by atoms with Gasteiger partial charge < -0.3 is 19.7 Å². The highest BCUT2D eigenvalue weighted by Crippen LogP contribution is 2.16. The van der Waals surface area contributed by atoms with Crippen molar-refractivity contribution in [2.45, 2.75) is 75.3 Å². The molecule has 2 heterocycles. The van der Waals surface area contributed by atoms with E-state index in [4.69, 9.17) is 19.7 Å². The third-order valence-corrected chi connectivity index (χ3v) is 10.6. The average Bonchev–Trinajstić information content (AvgIpc) is 3.54. The fourth-order valence-corrected chi connectivity index (χ4v) is 7.31. The number of ether oxygens (including phenoxy) is 2. The summed E-state index contributed by atoms with van der Waals surface area (Å²) < 4.78 is 62.8. The standard InChI is InChI=1S/2C13H21N3O6S2/c2*1-9-8-23-11(15-9)24(20,21)14-5-6-16(7-10(17)18)12(19)22-13(2,3)4/h2*8,14H,5-7H2,1-4H3,(H,17,18). The molecule has 0 saturated heterocycles. The number of thiazole rings is 2. The first-order chi connectivity index (χ1) is 21.8. The molecule has 0 radical (unpaired) electrons. The van der Waals surface area contributed by atoms with E-state index >= 15 is 0 Å². The van der Waals surface area contributed by atoms with E-state index in [1.54, 1.807) is 66.2 Å². The summed E-state index contributed by atoms with van der Waals surface area (Å²) in [5, 5.41) is 21.0. The van der Waals surface area contributed by atoms with E-state index in [0.717, 1.165) is 32.5 Å². The number of amides is 2. The minimum absolute atomic E-state index is 0.0814. The molecule has 2 aromatic rings. The first-order valence-corrected chi connectivity index (χ1v) is 18.8. The third-order valence-electron chi connectivity index (χ3n) is 4.96. The third kappa shape index (κ3) is 16.6. The molecule has 0 unspecified atom stereocenters. The van der Waals surface area contributed by atoms with Crippen LogP contribution in [0.3, 0.4) is 0 Å². The van der Waals surface area contributed by atoms with Gasteiger partial charge in [0, 0.05) is 48.3 Å². The Morgan fingerprint density at radius 3 is 1.25 bits per heavy atom. The molecule has 2 amide bonds. The minimum atomic E-state index is -3.79. The number of carbonyl (C=O) groups excluding carboxylic acids is 2. The molecule has 2 aromatic heterocycles. The zero-order valence-corrected chi connectivity index (χ0v) is 31.1. The van der Waals surface area contributed by atoms with Crippen molar-refractivity contribution in [3.63, 3.8) is 0 Å². The lowest BCUT2D eigenvalue weighted by molar-refractivity contribution is -0.139. The van der Waals surface area contributed by atoms with E-state index in [0.29, 0.717) is 11.4 Å². The monoisotopic (exact) mass is 758 g/mol. The second kappa shape index (κ2) is 17.8. The number of carboxylic acid groups (broad SMARTS) is 2. The second-order valence-electron chi connectivity index (χ2n) is 11.9. The van der Waals surface area contributed by atoms with Gasteiger partial charge in [0.2, 0.25) is 8.68 Å². The fraction of sp³-hybridized carbons (Fsp3) is 0.615. The van der Waals surface area contributed by atoms with Crippen LogP contribution in [0.25, 0.3) is 0 Å². The van der Waals surface area contributed by atoms with Crippen LogP contribution in [0.1, 0.15) is 52.9 Å². The molecule has 0 aliphatic carbocycles. The number of sulfonamides is 2.